The maximum Gasteiger partial charge on any atom is 0.246 e. The van der Waals surface area contributed by atoms with Gasteiger partial charge in [0.15, 0.2) is 0 Å². The Morgan fingerprint density at radius 3 is 1.36 bits per heavy atom. The first kappa shape index (κ1) is 75.9. The number of carbonyl (C=O) groups excluding carboxylic acids is 11. The quantitative estimate of drug-likeness (QED) is 0.157. The van der Waals surface area contributed by atoms with Crippen molar-refractivity contribution in [1.29, 1.82) is 0 Å². The van der Waals surface area contributed by atoms with E-state index >= 15 is 9.59 Å². The van der Waals surface area contributed by atoms with Crippen LogP contribution < -0.4 is 21.3 Å². The smallest absolute Gasteiger partial charge is 0.246 e. The van der Waals surface area contributed by atoms with Gasteiger partial charge in [0.05, 0.1) is 18.7 Å². The molecule has 1 heterocycles. The molecule has 1 fully saturated rings. The molecule has 0 aromatic carbocycles. The van der Waals surface area contributed by atoms with Crippen LogP contribution in [0.1, 0.15) is 150 Å². The first-order valence-corrected chi connectivity index (χ1v) is 30.0. The van der Waals surface area contributed by atoms with Crippen molar-refractivity contribution in [3.8, 4) is 0 Å². The van der Waals surface area contributed by atoms with E-state index in [9.17, 15) is 48.3 Å². The fourth-order valence-corrected chi connectivity index (χ4v) is 10.5. The van der Waals surface area contributed by atoms with Gasteiger partial charge in [0.25, 0.3) is 0 Å². The lowest BCUT2D eigenvalue weighted by molar-refractivity contribution is -0.161. The number of aliphatic hydroxyl groups is 1. The minimum atomic E-state index is -1.95. The highest BCUT2D eigenvalue weighted by atomic mass is 16.3. The summed E-state index contributed by atoms with van der Waals surface area (Å²) in [6.45, 7) is 28.4. The van der Waals surface area contributed by atoms with Crippen molar-refractivity contribution in [2.75, 3.05) is 62.4 Å². The SMILES string of the molecule is C/C=C/C[C@@H](C)[C@](C)(O)C1C(=O)NCC(=O)N(C)CC(=O)N(C)C(CC(C)C)C(=O)N[C@@H](C(C)C)C(=O)N(C)[C@@H](CC(C)C)C(=O)N[C@@H](C)C(=O)N[C@H](C)C(=O)N(C)[C@@H](CC(C)C)C(=O)N(C)[C@@H](CC(C)C)C(=O)N(C)[C@@H](C(C)C)C(=O)N1C. The summed E-state index contributed by atoms with van der Waals surface area (Å²) < 4.78 is 0. The number of amides is 11. The van der Waals surface area contributed by atoms with E-state index < -0.39 is 156 Å². The van der Waals surface area contributed by atoms with Crippen molar-refractivity contribution in [3.63, 3.8) is 0 Å². The Bertz CT molecular complexity index is 2320. The molecule has 1 aliphatic rings. The van der Waals surface area contributed by atoms with Crippen LogP contribution in [0, 0.1) is 41.4 Å². The van der Waals surface area contributed by atoms with Crippen LogP contribution in [0.3, 0.4) is 0 Å². The second-order valence-electron chi connectivity index (χ2n) is 26.0. The van der Waals surface area contributed by atoms with Crippen LogP contribution in [0.2, 0.25) is 0 Å². The Morgan fingerprint density at radius 1 is 0.488 bits per heavy atom. The van der Waals surface area contributed by atoms with Crippen LogP contribution >= 0.6 is 0 Å². The number of hydrogen-bond donors (Lipinski definition) is 5. The number of allylic oxidation sites excluding steroid dienone is 2. The standard InChI is InChI=1S/C61H109N11O12/c1-25-26-27-40(14)61(17,84)51-55(78)62-32-47(73)66(18)33-48(74)67(19)43(28-34(2)3)54(77)65-49(38(10)11)59(82)68(20)44(29-35(4)5)53(76)63-41(15)52(75)64-42(16)56(79)69(21)45(30-36(6)7)57(80)70(22)46(31-37(8)9)58(81)71(23)50(39(12)13)60(83)72(51)24/h25-26,34-46,49-51,84H,27-33H2,1-24H3,(H,62,78)(H,63,76)(H,64,75)(H,65,77)/b26-25+/t40-,41+,42-,43?,44+,45+,46+,49+,50+,51?,61+/m1/s1. The number of nitrogens with zero attached hydrogens (tertiary/aromatic N) is 7. The largest absolute Gasteiger partial charge is 0.387 e. The van der Waals surface area contributed by atoms with E-state index in [-0.39, 0.29) is 49.4 Å². The summed E-state index contributed by atoms with van der Waals surface area (Å²) in [5.74, 6) is -9.86. The van der Waals surface area contributed by atoms with Crippen molar-refractivity contribution in [2.24, 2.45) is 41.4 Å². The molecular weight excluding hydrogens is 1080 g/mol. The molecule has 5 N–H and O–H groups in total. The van der Waals surface area contributed by atoms with Gasteiger partial charge in [0.1, 0.15) is 54.4 Å². The van der Waals surface area contributed by atoms with E-state index in [0.717, 1.165) is 9.80 Å². The third kappa shape index (κ3) is 20.8. The Labute approximate surface area is 502 Å². The zero-order valence-electron chi connectivity index (χ0n) is 55.4. The highest BCUT2D eigenvalue weighted by Crippen LogP contribution is 2.30. The summed E-state index contributed by atoms with van der Waals surface area (Å²) in [5, 5.41) is 23.2. The van der Waals surface area contributed by atoms with Crippen LogP contribution in [-0.4, -0.2) is 227 Å². The number of rotatable bonds is 14. The molecular formula is C61H109N11O12. The van der Waals surface area contributed by atoms with Gasteiger partial charge in [-0.1, -0.05) is 102 Å². The van der Waals surface area contributed by atoms with Gasteiger partial charge in [-0.2, -0.15) is 0 Å². The first-order chi connectivity index (χ1) is 38.6. The molecule has 0 radical (unpaired) electrons. The molecule has 0 aliphatic carbocycles. The zero-order valence-corrected chi connectivity index (χ0v) is 55.4. The average molecular weight is 1190 g/mol. The molecule has 2 unspecified atom stereocenters. The van der Waals surface area contributed by atoms with Gasteiger partial charge in [-0.3, -0.25) is 52.7 Å². The fraction of sp³-hybridized carbons (Fsp3) is 0.787. The van der Waals surface area contributed by atoms with Gasteiger partial charge in [-0.05, 0) is 101 Å². The van der Waals surface area contributed by atoms with Gasteiger partial charge < -0.3 is 60.7 Å². The molecule has 11 amide bonds. The summed E-state index contributed by atoms with van der Waals surface area (Å²) in [5.41, 5.74) is -1.95. The minimum Gasteiger partial charge on any atom is -0.387 e. The maximum atomic E-state index is 15.1. The Kier molecular flexibility index (Phi) is 30.3. The van der Waals surface area contributed by atoms with E-state index in [1.807, 2.05) is 55.4 Å². The molecule has 23 nitrogen and oxygen atoms in total. The average Bonchev–Trinajstić information content (AvgIpc) is 3.57. The highest BCUT2D eigenvalue weighted by molar-refractivity contribution is 5.99. The van der Waals surface area contributed by atoms with E-state index in [1.165, 1.54) is 94.6 Å². The Hall–Kier alpha value is -6.13. The lowest BCUT2D eigenvalue weighted by Gasteiger charge is -2.44. The van der Waals surface area contributed by atoms with Crippen LogP contribution in [0.4, 0.5) is 0 Å². The predicted molar refractivity (Wildman–Crippen MR) is 324 cm³/mol. The molecule has 11 atom stereocenters. The Balaban J connectivity index is 4.27. The summed E-state index contributed by atoms with van der Waals surface area (Å²) in [4.78, 5) is 167. The molecule has 1 saturated heterocycles. The highest BCUT2D eigenvalue weighted by Gasteiger charge is 2.49. The molecule has 480 valence electrons. The van der Waals surface area contributed by atoms with Gasteiger partial charge in [-0.15, -0.1) is 0 Å². The normalized spacial score (nSPS) is 26.6. The van der Waals surface area contributed by atoms with Crippen molar-refractivity contribution >= 4 is 65.0 Å². The van der Waals surface area contributed by atoms with Crippen molar-refractivity contribution in [3.05, 3.63) is 12.2 Å². The van der Waals surface area contributed by atoms with Gasteiger partial charge in [0, 0.05) is 49.3 Å². The topological polar surface area (TPSA) is 279 Å². The fourth-order valence-electron chi connectivity index (χ4n) is 10.5. The van der Waals surface area contributed by atoms with Gasteiger partial charge in [0.2, 0.25) is 65.0 Å². The van der Waals surface area contributed by atoms with Crippen molar-refractivity contribution in [2.45, 2.75) is 210 Å². The second-order valence-corrected chi connectivity index (χ2v) is 26.0. The summed E-state index contributed by atoms with van der Waals surface area (Å²) in [6.07, 6.45) is 4.49. The minimum absolute atomic E-state index is 0.128. The molecule has 84 heavy (non-hydrogen) atoms. The zero-order chi connectivity index (χ0) is 65.3. The number of hydrogen-bond acceptors (Lipinski definition) is 12. The van der Waals surface area contributed by atoms with E-state index in [2.05, 4.69) is 21.3 Å². The van der Waals surface area contributed by atoms with Gasteiger partial charge in [-0.25, -0.2) is 0 Å². The molecule has 1 aliphatic heterocycles. The van der Waals surface area contributed by atoms with Crippen molar-refractivity contribution < 1.29 is 57.8 Å². The van der Waals surface area contributed by atoms with E-state index in [0.29, 0.717) is 6.42 Å². The monoisotopic (exact) mass is 1190 g/mol. The molecule has 1 rings (SSSR count). The molecule has 0 aromatic heterocycles. The summed E-state index contributed by atoms with van der Waals surface area (Å²) in [6, 6.07) is -11.1. The predicted octanol–water partition coefficient (Wildman–Crippen LogP) is 2.88. The third-order valence-electron chi connectivity index (χ3n) is 16.1. The number of nitrogens with one attached hydrogen (secondary N) is 4. The number of likely N-dealkylation sites (N-methyl/N-ethyl adjacent to an activating group) is 7. The molecule has 0 bridgehead atoms. The van der Waals surface area contributed by atoms with E-state index in [4.69, 9.17) is 0 Å². The maximum absolute atomic E-state index is 15.1. The summed E-state index contributed by atoms with van der Waals surface area (Å²) >= 11 is 0. The van der Waals surface area contributed by atoms with Gasteiger partial charge >= 0.3 is 0 Å². The lowest BCUT2D eigenvalue weighted by atomic mass is 9.80. The molecule has 0 spiro atoms. The second kappa shape index (κ2) is 33.5. The molecule has 23 heteroatoms. The van der Waals surface area contributed by atoms with Crippen LogP contribution in [0.5, 0.6) is 0 Å². The lowest BCUT2D eigenvalue weighted by Crippen LogP contribution is -2.65. The molecule has 0 aromatic rings. The Morgan fingerprint density at radius 2 is 0.905 bits per heavy atom. The van der Waals surface area contributed by atoms with Crippen LogP contribution in [0.25, 0.3) is 0 Å². The van der Waals surface area contributed by atoms with Crippen LogP contribution in [-0.2, 0) is 52.7 Å². The number of carbonyl (C=O) groups is 11. The van der Waals surface area contributed by atoms with Crippen LogP contribution in [0.15, 0.2) is 12.2 Å². The third-order valence-corrected chi connectivity index (χ3v) is 16.1. The molecule has 0 saturated carbocycles. The van der Waals surface area contributed by atoms with E-state index in [1.54, 1.807) is 53.7 Å². The summed E-state index contributed by atoms with van der Waals surface area (Å²) in [7, 11) is 9.85. The van der Waals surface area contributed by atoms with Crippen molar-refractivity contribution in [1.82, 2.24) is 55.6 Å². The first-order valence-electron chi connectivity index (χ1n) is 30.0.